The third-order valence-electron chi connectivity index (χ3n) is 2.34. The third-order valence-corrected chi connectivity index (χ3v) is 5.06. The molecule has 0 radical (unpaired) electrons. The number of nitrogens with zero attached hydrogens (tertiary/aromatic N) is 1. The highest BCUT2D eigenvalue weighted by atomic mass is 32.2. The predicted octanol–water partition coefficient (Wildman–Crippen LogP) is 1.98. The third kappa shape index (κ3) is 1.78. The minimum Gasteiger partial charge on any atom is -0.398 e. The lowest BCUT2D eigenvalue weighted by Crippen LogP contribution is -2.06. The minimum absolute atomic E-state index is 0.0474. The van der Waals surface area contributed by atoms with E-state index in [1.165, 1.54) is 11.3 Å². The first kappa shape index (κ1) is 11.3. The van der Waals surface area contributed by atoms with Crippen LogP contribution in [-0.4, -0.2) is 19.2 Å². The fourth-order valence-corrected chi connectivity index (χ4v) is 3.39. The van der Waals surface area contributed by atoms with Crippen LogP contribution in [-0.2, 0) is 9.84 Å². The summed E-state index contributed by atoms with van der Waals surface area (Å²) in [6.45, 7) is 3.49. The van der Waals surface area contributed by atoms with Crippen molar-refractivity contribution < 1.29 is 8.42 Å². The van der Waals surface area contributed by atoms with Gasteiger partial charge in [0.25, 0.3) is 0 Å². The quantitative estimate of drug-likeness (QED) is 0.834. The molecule has 0 bridgehead atoms. The highest BCUT2D eigenvalue weighted by molar-refractivity contribution is 7.91. The highest BCUT2D eigenvalue weighted by Crippen LogP contribution is 2.29. The number of hydrogen-bond donors (Lipinski definition) is 1. The first-order valence-corrected chi connectivity index (χ1v) is 7.30. The van der Waals surface area contributed by atoms with E-state index in [9.17, 15) is 8.42 Å². The average Bonchev–Trinajstić information content (AvgIpc) is 2.56. The Morgan fingerprint density at radius 3 is 2.75 bits per heavy atom. The molecule has 16 heavy (non-hydrogen) atoms. The van der Waals surface area contributed by atoms with Crippen LogP contribution < -0.4 is 5.73 Å². The van der Waals surface area contributed by atoms with Gasteiger partial charge in [0.15, 0.2) is 9.84 Å². The van der Waals surface area contributed by atoms with Crippen LogP contribution >= 0.6 is 11.3 Å². The summed E-state index contributed by atoms with van der Waals surface area (Å²) in [6, 6.07) is 3.25. The van der Waals surface area contributed by atoms with Gasteiger partial charge < -0.3 is 5.73 Å². The van der Waals surface area contributed by atoms with E-state index in [2.05, 4.69) is 4.98 Å². The number of benzene rings is 1. The van der Waals surface area contributed by atoms with Gasteiger partial charge in [-0.05, 0) is 19.1 Å². The van der Waals surface area contributed by atoms with Crippen LogP contribution in [0.5, 0.6) is 0 Å². The van der Waals surface area contributed by atoms with Crippen LogP contribution in [0.2, 0.25) is 0 Å². The van der Waals surface area contributed by atoms with E-state index < -0.39 is 9.84 Å². The maximum atomic E-state index is 11.8. The van der Waals surface area contributed by atoms with Gasteiger partial charge in [0.1, 0.15) is 0 Å². The lowest BCUT2D eigenvalue weighted by atomic mass is 10.3. The van der Waals surface area contributed by atoms with Crippen molar-refractivity contribution in [1.82, 2.24) is 4.98 Å². The summed E-state index contributed by atoms with van der Waals surface area (Å²) in [6.07, 6.45) is 0. The van der Waals surface area contributed by atoms with Crippen molar-refractivity contribution in [2.45, 2.75) is 18.7 Å². The van der Waals surface area contributed by atoms with Crippen molar-refractivity contribution in [2.75, 3.05) is 11.5 Å². The van der Waals surface area contributed by atoms with Gasteiger partial charge in [0.05, 0.1) is 31.6 Å². The van der Waals surface area contributed by atoms with Crippen LogP contribution in [0.3, 0.4) is 0 Å². The van der Waals surface area contributed by atoms with Crippen LogP contribution in [0.1, 0.15) is 11.9 Å². The molecule has 0 aliphatic rings. The smallest absolute Gasteiger partial charge is 0.180 e. The van der Waals surface area contributed by atoms with Gasteiger partial charge in [-0.15, -0.1) is 11.3 Å². The molecule has 0 atom stereocenters. The Morgan fingerprint density at radius 2 is 2.12 bits per heavy atom. The molecule has 0 spiro atoms. The Labute approximate surface area is 98.0 Å². The standard InChI is InChI=1S/C10H12N2O2S2/c1-3-16(13,14)10-5-8-9(4-7(10)11)15-6(2)12-8/h4-5H,3,11H2,1-2H3. The molecule has 2 aromatic rings. The molecule has 86 valence electrons. The molecule has 4 nitrogen and oxygen atoms in total. The van der Waals surface area contributed by atoms with Gasteiger partial charge in [-0.25, -0.2) is 13.4 Å². The second kappa shape index (κ2) is 3.71. The van der Waals surface area contributed by atoms with E-state index in [4.69, 9.17) is 5.73 Å². The van der Waals surface area contributed by atoms with E-state index in [1.54, 1.807) is 19.1 Å². The molecule has 0 saturated carbocycles. The number of rotatable bonds is 2. The van der Waals surface area contributed by atoms with Gasteiger partial charge >= 0.3 is 0 Å². The summed E-state index contributed by atoms with van der Waals surface area (Å²) in [5, 5.41) is 0.903. The van der Waals surface area contributed by atoms with Gasteiger partial charge in [-0.1, -0.05) is 6.92 Å². The number of aromatic nitrogens is 1. The van der Waals surface area contributed by atoms with E-state index in [1.807, 2.05) is 6.92 Å². The van der Waals surface area contributed by atoms with E-state index in [-0.39, 0.29) is 10.6 Å². The molecule has 0 unspecified atom stereocenters. The number of nitrogens with two attached hydrogens (primary N) is 1. The topological polar surface area (TPSA) is 73.0 Å². The maximum Gasteiger partial charge on any atom is 0.180 e. The first-order valence-electron chi connectivity index (χ1n) is 4.83. The molecule has 0 saturated heterocycles. The van der Waals surface area contributed by atoms with Gasteiger partial charge in [-0.3, -0.25) is 0 Å². The van der Waals surface area contributed by atoms with Crippen molar-refractivity contribution in [2.24, 2.45) is 0 Å². The molecule has 2 rings (SSSR count). The van der Waals surface area contributed by atoms with Crippen LogP contribution in [0.15, 0.2) is 17.0 Å². The molecule has 6 heteroatoms. The Hall–Kier alpha value is -1.14. The Balaban J connectivity index is 2.76. The Bertz CT molecular complexity index is 644. The summed E-state index contributed by atoms with van der Waals surface area (Å²) < 4.78 is 24.5. The monoisotopic (exact) mass is 256 g/mol. The molecule has 1 heterocycles. The molecule has 0 amide bonds. The molecule has 0 aliphatic heterocycles. The molecule has 1 aromatic carbocycles. The number of anilines is 1. The average molecular weight is 256 g/mol. The Morgan fingerprint density at radius 1 is 1.44 bits per heavy atom. The molecular weight excluding hydrogens is 244 g/mol. The number of hydrogen-bond acceptors (Lipinski definition) is 5. The zero-order valence-corrected chi connectivity index (χ0v) is 10.7. The fraction of sp³-hybridized carbons (Fsp3) is 0.300. The second-order valence-corrected chi connectivity index (χ2v) is 6.98. The fourth-order valence-electron chi connectivity index (χ4n) is 1.51. The number of sulfone groups is 1. The minimum atomic E-state index is -3.27. The summed E-state index contributed by atoms with van der Waals surface area (Å²) >= 11 is 1.51. The van der Waals surface area contributed by atoms with Crippen molar-refractivity contribution in [3.8, 4) is 0 Å². The Kier molecular flexibility index (Phi) is 2.63. The summed E-state index contributed by atoms with van der Waals surface area (Å²) in [5.74, 6) is 0.0474. The van der Waals surface area contributed by atoms with Crippen LogP contribution in [0.25, 0.3) is 10.2 Å². The van der Waals surface area contributed by atoms with Gasteiger partial charge in [0.2, 0.25) is 0 Å². The number of thiazole rings is 1. The SMILES string of the molecule is CCS(=O)(=O)c1cc2nc(C)sc2cc1N. The van der Waals surface area contributed by atoms with Crippen LogP contribution in [0.4, 0.5) is 5.69 Å². The van der Waals surface area contributed by atoms with E-state index in [0.29, 0.717) is 11.2 Å². The molecular formula is C10H12N2O2S2. The van der Waals surface area contributed by atoms with Gasteiger partial charge in [0, 0.05) is 0 Å². The number of aryl methyl sites for hydroxylation is 1. The molecule has 1 aromatic heterocycles. The molecule has 0 aliphatic carbocycles. The van der Waals surface area contributed by atoms with Crippen molar-refractivity contribution >= 4 is 37.1 Å². The zero-order chi connectivity index (χ0) is 11.9. The lowest BCUT2D eigenvalue weighted by Gasteiger charge is -2.04. The van der Waals surface area contributed by atoms with Crippen molar-refractivity contribution in [3.05, 3.63) is 17.1 Å². The number of fused-ring (bicyclic) bond motifs is 1. The number of nitrogen functional groups attached to an aromatic ring is 1. The van der Waals surface area contributed by atoms with E-state index >= 15 is 0 Å². The van der Waals surface area contributed by atoms with E-state index in [0.717, 1.165) is 9.71 Å². The molecule has 0 fully saturated rings. The first-order chi connectivity index (χ1) is 7.44. The van der Waals surface area contributed by atoms with Gasteiger partial charge in [-0.2, -0.15) is 0 Å². The van der Waals surface area contributed by atoms with Crippen LogP contribution in [0, 0.1) is 6.92 Å². The predicted molar refractivity (Wildman–Crippen MR) is 66.5 cm³/mol. The second-order valence-electron chi connectivity index (χ2n) is 3.49. The van der Waals surface area contributed by atoms with Crippen molar-refractivity contribution in [3.63, 3.8) is 0 Å². The highest BCUT2D eigenvalue weighted by Gasteiger charge is 2.17. The lowest BCUT2D eigenvalue weighted by molar-refractivity contribution is 0.598. The summed E-state index contributed by atoms with van der Waals surface area (Å²) in [5.41, 5.74) is 6.76. The van der Waals surface area contributed by atoms with Crippen molar-refractivity contribution in [1.29, 1.82) is 0 Å². The summed E-state index contributed by atoms with van der Waals surface area (Å²) in [7, 11) is -3.27. The summed E-state index contributed by atoms with van der Waals surface area (Å²) in [4.78, 5) is 4.45. The normalized spacial score (nSPS) is 12.1. The zero-order valence-electron chi connectivity index (χ0n) is 9.02. The largest absolute Gasteiger partial charge is 0.398 e. The maximum absolute atomic E-state index is 11.8. The molecule has 2 N–H and O–H groups in total.